The third-order valence-corrected chi connectivity index (χ3v) is 2.58. The minimum atomic E-state index is 0.838. The molecule has 0 atom stereocenters. The Hall–Kier alpha value is -1.22. The predicted molar refractivity (Wildman–Crippen MR) is 53.9 cm³/mol. The van der Waals surface area contributed by atoms with E-state index in [0.29, 0.717) is 0 Å². The Morgan fingerprint density at radius 3 is 2.85 bits per heavy atom. The molecule has 0 amide bonds. The smallest absolute Gasteiger partial charge is 0.0897 e. The first kappa shape index (κ1) is 8.38. The van der Waals surface area contributed by atoms with Crippen LogP contribution in [0.1, 0.15) is 16.4 Å². The van der Waals surface area contributed by atoms with Gasteiger partial charge in [0.05, 0.1) is 10.7 Å². The summed E-state index contributed by atoms with van der Waals surface area (Å²) in [4.78, 5) is 8.63. The largest absolute Gasteiger partial charge is 0.261 e. The van der Waals surface area contributed by atoms with Gasteiger partial charge in [-0.05, 0) is 19.1 Å². The van der Waals surface area contributed by atoms with Crippen LogP contribution in [-0.4, -0.2) is 9.97 Å². The van der Waals surface area contributed by atoms with E-state index in [-0.39, 0.29) is 0 Å². The third kappa shape index (κ3) is 2.12. The first-order valence-corrected chi connectivity index (χ1v) is 5.03. The van der Waals surface area contributed by atoms with Gasteiger partial charge in [0.25, 0.3) is 0 Å². The van der Waals surface area contributed by atoms with Crippen LogP contribution in [-0.2, 0) is 6.42 Å². The highest BCUT2D eigenvalue weighted by Crippen LogP contribution is 2.11. The maximum Gasteiger partial charge on any atom is 0.0897 e. The average Bonchev–Trinajstić information content (AvgIpc) is 2.53. The molecule has 0 aliphatic carbocycles. The lowest BCUT2D eigenvalue weighted by Crippen LogP contribution is -1.90. The SMILES string of the molecule is Cc1nc(Cc2ccccn2)cs1. The Balaban J connectivity index is 2.15. The number of rotatable bonds is 2. The maximum absolute atomic E-state index is 4.38. The van der Waals surface area contributed by atoms with Crippen LogP contribution in [0.4, 0.5) is 0 Å². The van der Waals surface area contributed by atoms with Crippen molar-refractivity contribution in [3.8, 4) is 0 Å². The van der Waals surface area contributed by atoms with Crippen LogP contribution in [0, 0.1) is 6.92 Å². The van der Waals surface area contributed by atoms with E-state index in [1.807, 2.05) is 31.3 Å². The highest BCUT2D eigenvalue weighted by Gasteiger charge is 1.99. The number of aromatic nitrogens is 2. The van der Waals surface area contributed by atoms with Crippen molar-refractivity contribution in [2.45, 2.75) is 13.3 Å². The minimum absolute atomic E-state index is 0.838. The van der Waals surface area contributed by atoms with Gasteiger partial charge in [0.1, 0.15) is 0 Å². The van der Waals surface area contributed by atoms with Crippen molar-refractivity contribution in [3.63, 3.8) is 0 Å². The van der Waals surface area contributed by atoms with Gasteiger partial charge >= 0.3 is 0 Å². The Labute approximate surface area is 81.3 Å². The fourth-order valence-corrected chi connectivity index (χ4v) is 1.79. The average molecular weight is 190 g/mol. The van der Waals surface area contributed by atoms with Crippen molar-refractivity contribution in [3.05, 3.63) is 46.2 Å². The summed E-state index contributed by atoms with van der Waals surface area (Å²) in [5.41, 5.74) is 2.19. The summed E-state index contributed by atoms with van der Waals surface area (Å²) in [6, 6.07) is 5.95. The lowest BCUT2D eigenvalue weighted by atomic mass is 10.2. The first-order valence-electron chi connectivity index (χ1n) is 4.15. The van der Waals surface area contributed by atoms with E-state index in [1.165, 1.54) is 0 Å². The summed E-state index contributed by atoms with van der Waals surface area (Å²) in [5.74, 6) is 0. The standard InChI is InChI=1S/C10H10N2S/c1-8-12-10(7-13-8)6-9-4-2-3-5-11-9/h2-5,7H,6H2,1H3. The minimum Gasteiger partial charge on any atom is -0.261 e. The second kappa shape index (κ2) is 3.66. The first-order chi connectivity index (χ1) is 6.34. The third-order valence-electron chi connectivity index (χ3n) is 1.75. The van der Waals surface area contributed by atoms with E-state index >= 15 is 0 Å². The molecule has 2 aromatic heterocycles. The van der Waals surface area contributed by atoms with Crippen molar-refractivity contribution < 1.29 is 0 Å². The molecule has 0 spiro atoms. The van der Waals surface area contributed by atoms with Gasteiger partial charge in [-0.15, -0.1) is 11.3 Å². The number of hydrogen-bond donors (Lipinski definition) is 0. The molecule has 0 aliphatic rings. The van der Waals surface area contributed by atoms with Crippen LogP contribution in [0.15, 0.2) is 29.8 Å². The van der Waals surface area contributed by atoms with Crippen LogP contribution in [0.3, 0.4) is 0 Å². The number of nitrogens with zero attached hydrogens (tertiary/aromatic N) is 2. The van der Waals surface area contributed by atoms with E-state index in [9.17, 15) is 0 Å². The van der Waals surface area contributed by atoms with Crippen LogP contribution < -0.4 is 0 Å². The molecule has 0 saturated carbocycles. The molecule has 66 valence electrons. The maximum atomic E-state index is 4.38. The molecule has 2 aromatic rings. The molecule has 0 bridgehead atoms. The summed E-state index contributed by atoms with van der Waals surface area (Å²) in [7, 11) is 0. The van der Waals surface area contributed by atoms with E-state index in [1.54, 1.807) is 11.3 Å². The molecule has 2 rings (SSSR count). The molecule has 0 unspecified atom stereocenters. The highest BCUT2D eigenvalue weighted by atomic mass is 32.1. The fraction of sp³-hybridized carbons (Fsp3) is 0.200. The van der Waals surface area contributed by atoms with E-state index in [0.717, 1.165) is 22.8 Å². The van der Waals surface area contributed by atoms with Crippen molar-refractivity contribution in [1.29, 1.82) is 0 Å². The molecular weight excluding hydrogens is 180 g/mol. The normalized spacial score (nSPS) is 10.2. The van der Waals surface area contributed by atoms with Crippen LogP contribution >= 0.6 is 11.3 Å². The zero-order valence-corrected chi connectivity index (χ0v) is 8.21. The predicted octanol–water partition coefficient (Wildman–Crippen LogP) is 2.44. The molecule has 0 saturated heterocycles. The van der Waals surface area contributed by atoms with E-state index in [2.05, 4.69) is 15.3 Å². The van der Waals surface area contributed by atoms with Crippen molar-refractivity contribution >= 4 is 11.3 Å². The molecular formula is C10H10N2S. The molecule has 0 aliphatic heterocycles. The van der Waals surface area contributed by atoms with Gasteiger partial charge in [-0.25, -0.2) is 4.98 Å². The highest BCUT2D eigenvalue weighted by molar-refractivity contribution is 7.09. The molecule has 0 fully saturated rings. The monoisotopic (exact) mass is 190 g/mol. The Morgan fingerprint density at radius 1 is 1.31 bits per heavy atom. The summed E-state index contributed by atoms with van der Waals surface area (Å²) >= 11 is 1.68. The van der Waals surface area contributed by atoms with Gasteiger partial charge in [-0.1, -0.05) is 6.07 Å². The van der Waals surface area contributed by atoms with Gasteiger partial charge in [0.2, 0.25) is 0 Å². The van der Waals surface area contributed by atoms with Gasteiger partial charge < -0.3 is 0 Å². The number of pyridine rings is 1. The Kier molecular flexibility index (Phi) is 2.36. The Morgan fingerprint density at radius 2 is 2.23 bits per heavy atom. The lowest BCUT2D eigenvalue weighted by molar-refractivity contribution is 1.02. The zero-order valence-electron chi connectivity index (χ0n) is 7.40. The van der Waals surface area contributed by atoms with Gasteiger partial charge in [0.15, 0.2) is 0 Å². The molecule has 0 radical (unpaired) electrons. The second-order valence-corrected chi connectivity index (χ2v) is 3.92. The van der Waals surface area contributed by atoms with Crippen LogP contribution in [0.5, 0.6) is 0 Å². The van der Waals surface area contributed by atoms with Gasteiger partial charge in [-0.2, -0.15) is 0 Å². The van der Waals surface area contributed by atoms with Gasteiger partial charge in [-0.3, -0.25) is 4.98 Å². The Bertz CT molecular complexity index is 381. The summed E-state index contributed by atoms with van der Waals surface area (Å²) < 4.78 is 0. The molecule has 2 heterocycles. The van der Waals surface area contributed by atoms with Crippen molar-refractivity contribution in [2.24, 2.45) is 0 Å². The molecule has 2 nitrogen and oxygen atoms in total. The summed E-state index contributed by atoms with van der Waals surface area (Å²) in [6.45, 7) is 2.02. The fourth-order valence-electron chi connectivity index (χ4n) is 1.18. The summed E-state index contributed by atoms with van der Waals surface area (Å²) in [5, 5.41) is 3.20. The lowest BCUT2D eigenvalue weighted by Gasteiger charge is -1.94. The van der Waals surface area contributed by atoms with Crippen LogP contribution in [0.2, 0.25) is 0 Å². The molecule has 0 N–H and O–H groups in total. The van der Waals surface area contributed by atoms with E-state index < -0.39 is 0 Å². The molecule has 13 heavy (non-hydrogen) atoms. The number of aryl methyl sites for hydroxylation is 1. The van der Waals surface area contributed by atoms with E-state index in [4.69, 9.17) is 0 Å². The van der Waals surface area contributed by atoms with Crippen molar-refractivity contribution in [1.82, 2.24) is 9.97 Å². The molecule has 0 aromatic carbocycles. The number of hydrogen-bond acceptors (Lipinski definition) is 3. The van der Waals surface area contributed by atoms with Crippen LogP contribution in [0.25, 0.3) is 0 Å². The number of thiazole rings is 1. The molecule has 3 heteroatoms. The van der Waals surface area contributed by atoms with Crippen molar-refractivity contribution in [2.75, 3.05) is 0 Å². The zero-order chi connectivity index (χ0) is 9.10. The quantitative estimate of drug-likeness (QED) is 0.727. The second-order valence-electron chi connectivity index (χ2n) is 2.86. The van der Waals surface area contributed by atoms with Gasteiger partial charge in [0, 0.05) is 23.7 Å². The topological polar surface area (TPSA) is 25.8 Å². The summed E-state index contributed by atoms with van der Waals surface area (Å²) in [6.07, 6.45) is 2.65.